The zero-order chi connectivity index (χ0) is 26.9. The molecule has 0 aliphatic heterocycles. The number of carboxylic acids is 3. The van der Waals surface area contributed by atoms with E-state index in [-0.39, 0.29) is 35.6 Å². The van der Waals surface area contributed by atoms with Crippen LogP contribution in [0.2, 0.25) is 0 Å². The molecule has 0 fully saturated rings. The molecule has 0 aromatic heterocycles. The Bertz CT molecular complexity index is 919. The van der Waals surface area contributed by atoms with Crippen molar-refractivity contribution in [3.63, 3.8) is 0 Å². The molecule has 0 aliphatic carbocycles. The second-order valence-corrected chi connectivity index (χ2v) is 7.90. The summed E-state index contributed by atoms with van der Waals surface area (Å²) in [5.41, 5.74) is 18.9. The molecule has 0 amide bonds. The van der Waals surface area contributed by atoms with Gasteiger partial charge in [0, 0.05) is 35.6 Å². The fourth-order valence-electron chi connectivity index (χ4n) is 2.87. The predicted octanol–water partition coefficient (Wildman–Crippen LogP) is 1.92. The fraction of sp³-hybridized carbons (Fsp3) is 0.222. The summed E-state index contributed by atoms with van der Waals surface area (Å²) >= 11 is 0. The van der Waals surface area contributed by atoms with Crippen LogP contribution in [0.1, 0.15) is 16.7 Å². The minimum atomic E-state index is -0.959. The standard InChI is InChI=1S/3C9H11NO2.La/c3*10-8(9(11)12)6-7-4-2-1-3-5-7;/h3*1-5,8H,6,10H2,(H,11,12);/t3*8-;/m000./s1. The van der Waals surface area contributed by atoms with Crippen LogP contribution in [-0.2, 0) is 33.6 Å². The maximum absolute atomic E-state index is 10.4. The van der Waals surface area contributed by atoms with E-state index in [1.54, 1.807) is 0 Å². The van der Waals surface area contributed by atoms with Crippen molar-refractivity contribution in [2.75, 3.05) is 0 Å². The number of carboxylic acid groups (broad SMARTS) is 3. The summed E-state index contributed by atoms with van der Waals surface area (Å²) in [4.78, 5) is 31.1. The molecule has 195 valence electrons. The molecule has 37 heavy (non-hydrogen) atoms. The number of nitrogens with two attached hydrogens (primary N) is 3. The summed E-state index contributed by atoms with van der Waals surface area (Å²) in [5.74, 6) is -2.88. The number of aliphatic carboxylic acids is 3. The van der Waals surface area contributed by atoms with Gasteiger partial charge in [0.1, 0.15) is 18.1 Å². The minimum Gasteiger partial charge on any atom is -0.480 e. The first-order valence-electron chi connectivity index (χ1n) is 11.2. The van der Waals surface area contributed by atoms with Crippen LogP contribution in [-0.4, -0.2) is 51.4 Å². The topological polar surface area (TPSA) is 190 Å². The summed E-state index contributed by atoms with van der Waals surface area (Å²) in [6.07, 6.45) is 1.16. The molecular formula is C27H33LaN3O6. The van der Waals surface area contributed by atoms with Crippen LogP contribution in [0.4, 0.5) is 0 Å². The maximum Gasteiger partial charge on any atom is 0.320 e. The number of hydrogen-bond acceptors (Lipinski definition) is 6. The van der Waals surface area contributed by atoms with Crippen LogP contribution in [0.25, 0.3) is 0 Å². The molecule has 9 nitrogen and oxygen atoms in total. The van der Waals surface area contributed by atoms with Gasteiger partial charge in [0.25, 0.3) is 0 Å². The first kappa shape index (κ1) is 34.1. The fourth-order valence-corrected chi connectivity index (χ4v) is 2.87. The van der Waals surface area contributed by atoms with Crippen molar-refractivity contribution in [2.45, 2.75) is 37.4 Å². The molecule has 9 N–H and O–H groups in total. The Kier molecular flexibility index (Phi) is 17.8. The molecular weight excluding hydrogens is 601 g/mol. The molecule has 3 rings (SSSR count). The van der Waals surface area contributed by atoms with Gasteiger partial charge in [-0.3, -0.25) is 14.4 Å². The van der Waals surface area contributed by atoms with E-state index in [4.69, 9.17) is 32.5 Å². The Balaban J connectivity index is 0.000000518. The smallest absolute Gasteiger partial charge is 0.320 e. The van der Waals surface area contributed by atoms with Crippen molar-refractivity contribution in [2.24, 2.45) is 17.2 Å². The largest absolute Gasteiger partial charge is 0.480 e. The van der Waals surface area contributed by atoms with Crippen LogP contribution in [0.15, 0.2) is 91.0 Å². The van der Waals surface area contributed by atoms with E-state index in [9.17, 15) is 14.4 Å². The first-order chi connectivity index (χ1) is 17.1. The third-order valence-electron chi connectivity index (χ3n) is 4.85. The number of rotatable bonds is 9. The van der Waals surface area contributed by atoms with Gasteiger partial charge >= 0.3 is 17.9 Å². The van der Waals surface area contributed by atoms with Crippen molar-refractivity contribution in [3.05, 3.63) is 108 Å². The SMILES string of the molecule is N[C@@H](Cc1ccccc1)C(=O)O.N[C@@H](Cc1ccccc1)C(=O)O.N[C@@H](Cc1ccccc1)C(=O)O.[La]. The molecule has 0 spiro atoms. The second kappa shape index (κ2) is 19.3. The Labute approximate surface area is 244 Å². The third-order valence-corrected chi connectivity index (χ3v) is 4.85. The van der Waals surface area contributed by atoms with Crippen molar-refractivity contribution in [1.29, 1.82) is 0 Å². The van der Waals surface area contributed by atoms with E-state index < -0.39 is 36.0 Å². The summed E-state index contributed by atoms with van der Waals surface area (Å²) in [7, 11) is 0. The van der Waals surface area contributed by atoms with Crippen molar-refractivity contribution in [1.82, 2.24) is 0 Å². The molecule has 3 atom stereocenters. The molecule has 0 unspecified atom stereocenters. The first-order valence-corrected chi connectivity index (χ1v) is 11.2. The summed E-state index contributed by atoms with van der Waals surface area (Å²) in [6.45, 7) is 0. The summed E-state index contributed by atoms with van der Waals surface area (Å²) in [6, 6.07) is 25.6. The third kappa shape index (κ3) is 15.8. The van der Waals surface area contributed by atoms with Crippen LogP contribution < -0.4 is 17.2 Å². The Hall–Kier alpha value is -2.86. The Morgan fingerprint density at radius 3 is 0.838 bits per heavy atom. The number of hydrogen-bond donors (Lipinski definition) is 6. The van der Waals surface area contributed by atoms with Crippen LogP contribution in [0.5, 0.6) is 0 Å². The normalized spacial score (nSPS) is 12.1. The molecule has 0 heterocycles. The monoisotopic (exact) mass is 634 g/mol. The molecule has 0 bridgehead atoms. The van der Waals surface area contributed by atoms with E-state index in [0.717, 1.165) is 16.7 Å². The van der Waals surface area contributed by atoms with Gasteiger partial charge in [-0.05, 0) is 36.0 Å². The predicted molar refractivity (Wildman–Crippen MR) is 137 cm³/mol. The van der Waals surface area contributed by atoms with Gasteiger partial charge in [-0.1, -0.05) is 91.0 Å². The molecule has 1 radical (unpaired) electrons. The molecule has 0 saturated heterocycles. The quantitative estimate of drug-likeness (QED) is 0.204. The van der Waals surface area contributed by atoms with Gasteiger partial charge in [0.05, 0.1) is 0 Å². The van der Waals surface area contributed by atoms with E-state index >= 15 is 0 Å². The van der Waals surface area contributed by atoms with Gasteiger partial charge in [0.15, 0.2) is 0 Å². The zero-order valence-corrected chi connectivity index (χ0v) is 24.0. The molecule has 10 heteroatoms. The van der Waals surface area contributed by atoms with Gasteiger partial charge in [-0.25, -0.2) is 0 Å². The summed E-state index contributed by atoms with van der Waals surface area (Å²) in [5, 5.41) is 25.6. The van der Waals surface area contributed by atoms with Gasteiger partial charge in [0.2, 0.25) is 0 Å². The number of benzene rings is 3. The van der Waals surface area contributed by atoms with Crippen LogP contribution in [0.3, 0.4) is 0 Å². The average molecular weight is 634 g/mol. The van der Waals surface area contributed by atoms with E-state index in [1.165, 1.54) is 0 Å². The van der Waals surface area contributed by atoms with Gasteiger partial charge in [-0.15, -0.1) is 0 Å². The van der Waals surface area contributed by atoms with Crippen molar-refractivity contribution >= 4 is 17.9 Å². The van der Waals surface area contributed by atoms with Gasteiger partial charge in [-0.2, -0.15) is 0 Å². The molecule has 0 saturated carbocycles. The van der Waals surface area contributed by atoms with Gasteiger partial charge < -0.3 is 32.5 Å². The maximum atomic E-state index is 10.4. The van der Waals surface area contributed by atoms with Crippen molar-refractivity contribution < 1.29 is 65.3 Å². The van der Waals surface area contributed by atoms with Crippen LogP contribution >= 0.6 is 0 Å². The molecule has 3 aromatic rings. The number of carbonyl (C=O) groups is 3. The van der Waals surface area contributed by atoms with Crippen LogP contribution in [0, 0.1) is 35.6 Å². The molecule has 3 aromatic carbocycles. The minimum absolute atomic E-state index is 0. The molecule has 0 aliphatic rings. The van der Waals surface area contributed by atoms with E-state index in [0.29, 0.717) is 19.3 Å². The zero-order valence-electron chi connectivity index (χ0n) is 20.4. The van der Waals surface area contributed by atoms with Crippen molar-refractivity contribution in [3.8, 4) is 0 Å². The Morgan fingerprint density at radius 1 is 0.486 bits per heavy atom. The van der Waals surface area contributed by atoms with E-state index in [2.05, 4.69) is 0 Å². The second-order valence-electron chi connectivity index (χ2n) is 7.90. The van der Waals surface area contributed by atoms with E-state index in [1.807, 2.05) is 91.0 Å². The summed E-state index contributed by atoms with van der Waals surface area (Å²) < 4.78 is 0. The average Bonchev–Trinajstić information content (AvgIpc) is 2.86. The Morgan fingerprint density at radius 2 is 0.676 bits per heavy atom.